The molecule has 6 nitrogen and oxygen atoms in total. The number of aldehydes is 1. The van der Waals surface area contributed by atoms with Crippen LogP contribution in [0.4, 0.5) is 0 Å². The summed E-state index contributed by atoms with van der Waals surface area (Å²) in [5, 5.41) is 0. The largest absolute Gasteiger partial charge is 0.444 e. The van der Waals surface area contributed by atoms with Gasteiger partial charge in [0.1, 0.15) is 12.0 Å². The van der Waals surface area contributed by atoms with Gasteiger partial charge in [-0.3, -0.25) is 14.4 Å². The van der Waals surface area contributed by atoms with Crippen LogP contribution in [0.25, 0.3) is 0 Å². The second-order valence-electron chi connectivity index (χ2n) is 10.4. The average Bonchev–Trinajstić information content (AvgIpc) is 3.01. The molecule has 2 unspecified atom stereocenters. The van der Waals surface area contributed by atoms with E-state index in [1.165, 1.54) is 0 Å². The molecule has 180 valence electrons. The Labute approximate surface area is 200 Å². The fourth-order valence-electron chi connectivity index (χ4n) is 3.98. The first-order valence-electron chi connectivity index (χ1n) is 11.5. The van der Waals surface area contributed by atoms with Gasteiger partial charge in [-0.15, -0.1) is 0 Å². The number of hydrogen-bond acceptors (Lipinski definition) is 6. The lowest BCUT2D eigenvalue weighted by molar-refractivity contribution is -0.162. The minimum Gasteiger partial charge on any atom is -0.444 e. The lowest BCUT2D eigenvalue weighted by Crippen LogP contribution is -2.43. The minimum atomic E-state index is -1.98. The molecule has 0 N–H and O–H groups in total. The predicted molar refractivity (Wildman–Crippen MR) is 128 cm³/mol. The molecule has 3 rings (SSSR count). The van der Waals surface area contributed by atoms with Gasteiger partial charge >= 0.3 is 11.9 Å². The number of benzene rings is 2. The van der Waals surface area contributed by atoms with Crippen LogP contribution in [0.2, 0.25) is 0 Å². The van der Waals surface area contributed by atoms with E-state index in [-0.39, 0.29) is 17.2 Å². The molecule has 2 atom stereocenters. The number of carbonyl (C=O) groups is 4. The zero-order chi connectivity index (χ0) is 25.4. The highest BCUT2D eigenvalue weighted by Gasteiger charge is 2.59. The molecular weight excluding hydrogens is 432 g/mol. The molecule has 0 amide bonds. The third kappa shape index (κ3) is 4.29. The highest BCUT2D eigenvalue weighted by molar-refractivity contribution is 6.12. The summed E-state index contributed by atoms with van der Waals surface area (Å²) in [5.41, 5.74) is -0.967. The number of fused-ring (bicyclic) bond motifs is 1. The average molecular weight is 465 g/mol. The maximum atomic E-state index is 13.9. The number of ether oxygens (including phenoxy) is 2. The number of carbonyl (C=O) groups excluding carboxylic acids is 4. The maximum Gasteiger partial charge on any atom is 0.316 e. The highest BCUT2D eigenvalue weighted by atomic mass is 16.6. The van der Waals surface area contributed by atoms with Crippen LogP contribution in [-0.2, 0) is 24.7 Å². The van der Waals surface area contributed by atoms with Crippen LogP contribution in [0.15, 0.2) is 42.5 Å². The van der Waals surface area contributed by atoms with E-state index < -0.39 is 40.6 Å². The van der Waals surface area contributed by atoms with Crippen LogP contribution in [-0.4, -0.2) is 24.0 Å². The fraction of sp³-hybridized carbons (Fsp3) is 0.429. The molecule has 0 aromatic heterocycles. The first kappa shape index (κ1) is 25.3. The third-order valence-corrected chi connectivity index (χ3v) is 6.07. The number of Topliss-reactive ketones (excluding diaryl/α,β-unsaturated/α-hetero) is 1. The summed E-state index contributed by atoms with van der Waals surface area (Å²) in [7, 11) is 0. The normalized spacial score (nSPS) is 19.8. The predicted octanol–water partition coefficient (Wildman–Crippen LogP) is 5.34. The second kappa shape index (κ2) is 9.16. The van der Waals surface area contributed by atoms with E-state index in [0.717, 1.165) is 5.56 Å². The van der Waals surface area contributed by atoms with Crippen LogP contribution in [0.5, 0.6) is 5.75 Å². The number of ketones is 1. The van der Waals surface area contributed by atoms with E-state index >= 15 is 0 Å². The van der Waals surface area contributed by atoms with Crippen molar-refractivity contribution < 1.29 is 28.7 Å². The van der Waals surface area contributed by atoms with Gasteiger partial charge in [0.05, 0.1) is 17.3 Å². The van der Waals surface area contributed by atoms with E-state index in [4.69, 9.17) is 9.47 Å². The van der Waals surface area contributed by atoms with Crippen molar-refractivity contribution in [3.05, 3.63) is 64.7 Å². The van der Waals surface area contributed by atoms with E-state index in [9.17, 15) is 19.2 Å². The Morgan fingerprint density at radius 1 is 1.03 bits per heavy atom. The highest BCUT2D eigenvalue weighted by Crippen LogP contribution is 2.52. The van der Waals surface area contributed by atoms with Crippen LogP contribution in [0.3, 0.4) is 0 Å². The maximum absolute atomic E-state index is 13.9. The molecule has 1 aliphatic carbocycles. The Bertz CT molecular complexity index is 1140. The van der Waals surface area contributed by atoms with Gasteiger partial charge in [0, 0.05) is 11.1 Å². The van der Waals surface area contributed by atoms with E-state index in [2.05, 4.69) is 0 Å². The summed E-state index contributed by atoms with van der Waals surface area (Å²) in [6.45, 7) is 12.5. The smallest absolute Gasteiger partial charge is 0.316 e. The lowest BCUT2D eigenvalue weighted by atomic mass is 9.80. The second-order valence-corrected chi connectivity index (χ2v) is 10.4. The zero-order valence-corrected chi connectivity index (χ0v) is 20.8. The first-order chi connectivity index (χ1) is 15.8. The molecule has 0 bridgehead atoms. The van der Waals surface area contributed by atoms with Gasteiger partial charge in [-0.25, -0.2) is 0 Å². The van der Waals surface area contributed by atoms with Gasteiger partial charge in [-0.2, -0.15) is 0 Å². The molecule has 1 aliphatic rings. The first-order valence-corrected chi connectivity index (χ1v) is 11.5. The molecule has 0 saturated heterocycles. The van der Waals surface area contributed by atoms with Crippen molar-refractivity contribution >= 4 is 24.0 Å². The summed E-state index contributed by atoms with van der Waals surface area (Å²) < 4.78 is 11.8. The number of hydrogen-bond donors (Lipinski definition) is 0. The van der Waals surface area contributed by atoms with Crippen LogP contribution in [0.1, 0.15) is 87.4 Å². The Morgan fingerprint density at radius 2 is 1.68 bits per heavy atom. The Hall–Kier alpha value is -3.28. The summed E-state index contributed by atoms with van der Waals surface area (Å²) in [6, 6.07) is 11.8. The number of esters is 2. The van der Waals surface area contributed by atoms with Gasteiger partial charge < -0.3 is 14.3 Å². The Balaban J connectivity index is 2.34. The fourth-order valence-corrected chi connectivity index (χ4v) is 3.98. The Kier molecular flexibility index (Phi) is 6.83. The molecule has 0 saturated carbocycles. The lowest BCUT2D eigenvalue weighted by Gasteiger charge is -2.34. The molecule has 0 heterocycles. The number of rotatable bonds is 6. The van der Waals surface area contributed by atoms with E-state index in [0.29, 0.717) is 17.4 Å². The van der Waals surface area contributed by atoms with Crippen molar-refractivity contribution in [1.29, 1.82) is 0 Å². The quantitative estimate of drug-likeness (QED) is 0.326. The van der Waals surface area contributed by atoms with Crippen molar-refractivity contribution in [3.63, 3.8) is 0 Å². The van der Waals surface area contributed by atoms with Crippen molar-refractivity contribution in [2.75, 3.05) is 0 Å². The van der Waals surface area contributed by atoms with E-state index in [1.807, 2.05) is 13.8 Å². The minimum absolute atomic E-state index is 0.105. The van der Waals surface area contributed by atoms with Gasteiger partial charge in [-0.1, -0.05) is 64.1 Å². The summed E-state index contributed by atoms with van der Waals surface area (Å²) >= 11 is 0. The third-order valence-electron chi connectivity index (χ3n) is 6.07. The van der Waals surface area contributed by atoms with Gasteiger partial charge in [0.15, 0.2) is 0 Å². The monoisotopic (exact) mass is 464 g/mol. The SMILES string of the molecule is CC(C)C(=O)OC1(c2ccc(C(C)C)cc2OC(=O)C(C)(C)C)C(=O)c2ccccc2C1C=O. The van der Waals surface area contributed by atoms with Crippen molar-refractivity contribution in [2.24, 2.45) is 11.3 Å². The molecule has 0 fully saturated rings. The molecule has 34 heavy (non-hydrogen) atoms. The van der Waals surface area contributed by atoms with Gasteiger partial charge in [0.25, 0.3) is 0 Å². The summed E-state index contributed by atoms with van der Waals surface area (Å²) in [4.78, 5) is 52.2. The molecule has 0 radical (unpaired) electrons. The standard InChI is InChI=1S/C28H32O6/c1-16(2)18-12-13-21(23(14-18)33-26(32)27(5,6)7)28(34-25(31)17(3)4)22(15-29)19-10-8-9-11-20(19)24(28)30/h8-17,22H,1-7H3. The zero-order valence-electron chi connectivity index (χ0n) is 20.8. The van der Waals surface area contributed by atoms with Crippen molar-refractivity contribution in [3.8, 4) is 5.75 Å². The summed E-state index contributed by atoms with van der Waals surface area (Å²) in [6.07, 6.45) is 0.628. The van der Waals surface area contributed by atoms with Crippen LogP contribution in [0, 0.1) is 11.3 Å². The topological polar surface area (TPSA) is 86.7 Å². The molecular formula is C28H32O6. The molecule has 2 aromatic carbocycles. The molecule has 0 spiro atoms. The molecule has 2 aromatic rings. The van der Waals surface area contributed by atoms with Gasteiger partial charge in [0.2, 0.25) is 11.4 Å². The molecule has 0 aliphatic heterocycles. The van der Waals surface area contributed by atoms with Gasteiger partial charge in [-0.05, 0) is 43.9 Å². The van der Waals surface area contributed by atoms with Crippen LogP contribution < -0.4 is 4.74 Å². The van der Waals surface area contributed by atoms with E-state index in [1.54, 1.807) is 77.1 Å². The molecule has 6 heteroatoms. The Morgan fingerprint density at radius 3 is 2.24 bits per heavy atom. The van der Waals surface area contributed by atoms with Crippen molar-refractivity contribution in [2.45, 2.75) is 65.9 Å². The summed E-state index contributed by atoms with van der Waals surface area (Å²) in [5.74, 6) is -3.07. The van der Waals surface area contributed by atoms with Crippen molar-refractivity contribution in [1.82, 2.24) is 0 Å². The van der Waals surface area contributed by atoms with Crippen LogP contribution >= 0.6 is 0 Å².